The van der Waals surface area contributed by atoms with Gasteiger partial charge in [0.15, 0.2) is 0 Å². The van der Waals surface area contributed by atoms with Crippen LogP contribution in [0.3, 0.4) is 0 Å². The van der Waals surface area contributed by atoms with Crippen molar-refractivity contribution in [2.45, 2.75) is 45.4 Å². The SMILES string of the molecule is CCCCCCCCOc1ccc(C=Nc2ccc(N=Nc3ccc(Br)cc3)c3ccccc23)cc1. The number of azo groups is 1. The van der Waals surface area contributed by atoms with Crippen LogP contribution in [0.15, 0.2) is 105 Å². The number of hydrogen-bond donors (Lipinski definition) is 0. The lowest BCUT2D eigenvalue weighted by Crippen LogP contribution is -1.97. The molecule has 184 valence electrons. The average molecular weight is 543 g/mol. The molecule has 0 radical (unpaired) electrons. The fourth-order valence-electron chi connectivity index (χ4n) is 3.95. The first-order chi connectivity index (χ1) is 17.7. The molecule has 0 N–H and O–H groups in total. The maximum Gasteiger partial charge on any atom is 0.119 e. The van der Waals surface area contributed by atoms with Gasteiger partial charge >= 0.3 is 0 Å². The second kappa shape index (κ2) is 13.7. The predicted octanol–water partition coefficient (Wildman–Crippen LogP) is 10.5. The lowest BCUT2D eigenvalue weighted by molar-refractivity contribution is 0.304. The zero-order valence-electron chi connectivity index (χ0n) is 20.7. The standard InChI is InChI=1S/C31H32BrN3O/c1-2-3-4-5-6-9-22-36-27-18-12-24(13-19-27)23-33-30-20-21-31(29-11-8-7-10-28(29)30)35-34-26-16-14-25(32)15-17-26/h7-8,10-21,23H,2-6,9,22H2,1H3. The van der Waals surface area contributed by atoms with Crippen molar-refractivity contribution in [1.82, 2.24) is 0 Å². The molecule has 0 aromatic heterocycles. The molecule has 0 saturated carbocycles. The molecule has 0 spiro atoms. The molecule has 0 atom stereocenters. The Bertz CT molecular complexity index is 1300. The van der Waals surface area contributed by atoms with Gasteiger partial charge in [0.25, 0.3) is 0 Å². The first-order valence-electron chi connectivity index (χ1n) is 12.7. The summed E-state index contributed by atoms with van der Waals surface area (Å²) in [4.78, 5) is 4.77. The van der Waals surface area contributed by atoms with Crippen molar-refractivity contribution in [3.63, 3.8) is 0 Å². The summed E-state index contributed by atoms with van der Waals surface area (Å²) in [5.41, 5.74) is 3.56. The van der Waals surface area contributed by atoms with E-state index in [0.717, 1.165) is 56.6 Å². The third-order valence-electron chi connectivity index (χ3n) is 5.98. The van der Waals surface area contributed by atoms with Crippen LogP contribution in [0.2, 0.25) is 0 Å². The van der Waals surface area contributed by atoms with Crippen LogP contribution in [-0.2, 0) is 0 Å². The summed E-state index contributed by atoms with van der Waals surface area (Å²) < 4.78 is 6.91. The largest absolute Gasteiger partial charge is 0.494 e. The minimum Gasteiger partial charge on any atom is -0.494 e. The molecule has 4 aromatic rings. The van der Waals surface area contributed by atoms with E-state index in [1.165, 1.54) is 32.1 Å². The minimum atomic E-state index is 0.775. The van der Waals surface area contributed by atoms with Gasteiger partial charge < -0.3 is 4.74 Å². The van der Waals surface area contributed by atoms with Gasteiger partial charge in [0, 0.05) is 21.5 Å². The second-order valence-electron chi connectivity index (χ2n) is 8.77. The van der Waals surface area contributed by atoms with Crippen molar-refractivity contribution in [3.05, 3.63) is 95.0 Å². The van der Waals surface area contributed by atoms with Crippen LogP contribution in [-0.4, -0.2) is 12.8 Å². The maximum atomic E-state index is 5.90. The molecule has 0 heterocycles. The third-order valence-corrected chi connectivity index (χ3v) is 6.51. The summed E-state index contributed by atoms with van der Waals surface area (Å²) in [7, 11) is 0. The highest BCUT2D eigenvalue weighted by atomic mass is 79.9. The number of nitrogens with zero attached hydrogens (tertiary/aromatic N) is 3. The molecule has 0 bridgehead atoms. The Hall–Kier alpha value is -3.31. The molecule has 36 heavy (non-hydrogen) atoms. The quantitative estimate of drug-likeness (QED) is 0.0998. The van der Waals surface area contributed by atoms with E-state index in [1.54, 1.807) is 0 Å². The monoisotopic (exact) mass is 541 g/mol. The first-order valence-corrected chi connectivity index (χ1v) is 13.5. The molecule has 0 saturated heterocycles. The molecular formula is C31H32BrN3O. The van der Waals surface area contributed by atoms with Gasteiger partial charge in [0.05, 0.1) is 23.7 Å². The van der Waals surface area contributed by atoms with Gasteiger partial charge in [-0.25, -0.2) is 0 Å². The Morgan fingerprint density at radius 1 is 0.694 bits per heavy atom. The number of rotatable bonds is 12. The fraction of sp³-hybridized carbons (Fsp3) is 0.258. The molecule has 0 aliphatic heterocycles. The van der Waals surface area contributed by atoms with Gasteiger partial charge in [-0.1, -0.05) is 79.2 Å². The molecular weight excluding hydrogens is 510 g/mol. The van der Waals surface area contributed by atoms with Gasteiger partial charge in [0.2, 0.25) is 0 Å². The van der Waals surface area contributed by atoms with Crippen LogP contribution in [0.4, 0.5) is 17.1 Å². The Morgan fingerprint density at radius 3 is 2.11 bits per heavy atom. The Morgan fingerprint density at radius 2 is 1.36 bits per heavy atom. The normalized spacial score (nSPS) is 11.6. The molecule has 4 rings (SSSR count). The van der Waals surface area contributed by atoms with Crippen molar-refractivity contribution < 1.29 is 4.74 Å². The molecule has 0 aliphatic rings. The summed E-state index contributed by atoms with van der Waals surface area (Å²) in [6.45, 7) is 3.02. The third kappa shape index (κ3) is 7.59. The van der Waals surface area contributed by atoms with Crippen LogP contribution in [0, 0.1) is 0 Å². The van der Waals surface area contributed by atoms with E-state index in [9.17, 15) is 0 Å². The van der Waals surface area contributed by atoms with Gasteiger partial charge in [-0.05, 0) is 72.6 Å². The zero-order valence-corrected chi connectivity index (χ0v) is 22.3. The minimum absolute atomic E-state index is 0.775. The second-order valence-corrected chi connectivity index (χ2v) is 9.68. The van der Waals surface area contributed by atoms with E-state index in [0.29, 0.717) is 0 Å². The number of hydrogen-bond acceptors (Lipinski definition) is 4. The number of aliphatic imine (C=N–C) groups is 1. The summed E-state index contributed by atoms with van der Waals surface area (Å²) in [6.07, 6.45) is 9.49. The van der Waals surface area contributed by atoms with Gasteiger partial charge in [-0.15, -0.1) is 5.11 Å². The summed E-state index contributed by atoms with van der Waals surface area (Å²) in [5.74, 6) is 0.909. The van der Waals surface area contributed by atoms with Crippen LogP contribution in [0.1, 0.15) is 51.0 Å². The first kappa shape index (κ1) is 25.8. The maximum absolute atomic E-state index is 5.90. The van der Waals surface area contributed by atoms with Crippen LogP contribution < -0.4 is 4.74 Å². The van der Waals surface area contributed by atoms with Crippen LogP contribution in [0.5, 0.6) is 5.75 Å². The molecule has 0 amide bonds. The van der Waals surface area contributed by atoms with Crippen molar-refractivity contribution in [2.24, 2.45) is 15.2 Å². The molecule has 0 fully saturated rings. The smallest absolute Gasteiger partial charge is 0.119 e. The molecule has 4 aromatic carbocycles. The molecule has 0 aliphatic carbocycles. The van der Waals surface area contributed by atoms with Crippen molar-refractivity contribution in [2.75, 3.05) is 6.61 Å². The average Bonchev–Trinajstić information content (AvgIpc) is 2.92. The number of benzene rings is 4. The lowest BCUT2D eigenvalue weighted by atomic mass is 10.1. The predicted molar refractivity (Wildman–Crippen MR) is 155 cm³/mol. The molecule has 0 unspecified atom stereocenters. The summed E-state index contributed by atoms with van der Waals surface area (Å²) in [6, 6.07) is 28.0. The van der Waals surface area contributed by atoms with Crippen LogP contribution in [0.25, 0.3) is 10.8 Å². The van der Waals surface area contributed by atoms with Crippen molar-refractivity contribution in [3.8, 4) is 5.75 Å². The zero-order chi connectivity index (χ0) is 25.0. The lowest BCUT2D eigenvalue weighted by Gasteiger charge is -2.07. The Balaban J connectivity index is 1.39. The number of halogens is 1. The van der Waals surface area contributed by atoms with E-state index >= 15 is 0 Å². The highest BCUT2D eigenvalue weighted by molar-refractivity contribution is 9.10. The summed E-state index contributed by atoms with van der Waals surface area (Å²) >= 11 is 3.45. The molecule has 4 nitrogen and oxygen atoms in total. The highest BCUT2D eigenvalue weighted by Crippen LogP contribution is 2.34. The number of unbranched alkanes of at least 4 members (excludes halogenated alkanes) is 5. The summed E-state index contributed by atoms with van der Waals surface area (Å²) in [5, 5.41) is 11.0. The van der Waals surface area contributed by atoms with Gasteiger partial charge in [0.1, 0.15) is 5.75 Å². The number of ether oxygens (including phenoxy) is 1. The van der Waals surface area contributed by atoms with Crippen LogP contribution >= 0.6 is 15.9 Å². The van der Waals surface area contributed by atoms with E-state index < -0.39 is 0 Å². The van der Waals surface area contributed by atoms with E-state index in [2.05, 4.69) is 45.2 Å². The van der Waals surface area contributed by atoms with Crippen molar-refractivity contribution in [1.29, 1.82) is 0 Å². The Labute approximate surface area is 222 Å². The fourth-order valence-corrected chi connectivity index (χ4v) is 4.22. The highest BCUT2D eigenvalue weighted by Gasteiger charge is 2.05. The topological polar surface area (TPSA) is 46.3 Å². The Kier molecular flexibility index (Phi) is 9.80. The van der Waals surface area contributed by atoms with E-state index in [4.69, 9.17) is 9.73 Å². The number of fused-ring (bicyclic) bond motifs is 1. The molecule has 5 heteroatoms. The van der Waals surface area contributed by atoms with Gasteiger partial charge in [-0.2, -0.15) is 5.11 Å². The van der Waals surface area contributed by atoms with E-state index in [1.807, 2.05) is 79.0 Å². The van der Waals surface area contributed by atoms with Crippen molar-refractivity contribution >= 4 is 50.0 Å². The van der Waals surface area contributed by atoms with Gasteiger partial charge in [-0.3, -0.25) is 4.99 Å². The van der Waals surface area contributed by atoms with E-state index in [-0.39, 0.29) is 0 Å².